The zero-order valence-corrected chi connectivity index (χ0v) is 18.7. The number of amides is 1. The molecule has 1 saturated carbocycles. The van der Waals surface area contributed by atoms with Crippen molar-refractivity contribution < 1.29 is 19.9 Å². The Labute approximate surface area is 193 Å². The lowest BCUT2D eigenvalue weighted by Crippen LogP contribution is -2.62. The SMILES string of the molecule is O=C(/C=C/c1ccc(CN[C@@](C(=O)O)(C2CCCCC2)C2Cc3ccccc3C2)cn1)NO. The molecule has 1 fully saturated rings. The summed E-state index contributed by atoms with van der Waals surface area (Å²) in [7, 11) is 0. The number of rotatable bonds is 8. The van der Waals surface area contributed by atoms with Gasteiger partial charge in [0.1, 0.15) is 5.54 Å². The second kappa shape index (κ2) is 10.3. The third-order valence-corrected chi connectivity index (χ3v) is 7.25. The number of benzene rings is 1. The molecule has 2 aliphatic carbocycles. The van der Waals surface area contributed by atoms with Crippen LogP contribution < -0.4 is 10.8 Å². The topological polar surface area (TPSA) is 112 Å². The molecule has 0 saturated heterocycles. The van der Waals surface area contributed by atoms with Crippen molar-refractivity contribution in [1.82, 2.24) is 15.8 Å². The molecule has 1 atom stereocenters. The van der Waals surface area contributed by atoms with Crippen molar-refractivity contribution in [3.8, 4) is 0 Å². The van der Waals surface area contributed by atoms with E-state index in [2.05, 4.69) is 22.4 Å². The number of pyridine rings is 1. The van der Waals surface area contributed by atoms with Crippen LogP contribution >= 0.6 is 0 Å². The van der Waals surface area contributed by atoms with Gasteiger partial charge >= 0.3 is 5.97 Å². The summed E-state index contributed by atoms with van der Waals surface area (Å²) < 4.78 is 0. The van der Waals surface area contributed by atoms with Crippen molar-refractivity contribution in [3.05, 3.63) is 71.1 Å². The zero-order chi connectivity index (χ0) is 23.3. The summed E-state index contributed by atoms with van der Waals surface area (Å²) in [5.74, 6) is -1.29. The van der Waals surface area contributed by atoms with E-state index in [1.54, 1.807) is 12.3 Å². The summed E-state index contributed by atoms with van der Waals surface area (Å²) in [4.78, 5) is 28.4. The highest BCUT2D eigenvalue weighted by molar-refractivity contribution is 5.90. The number of hydroxylamine groups is 1. The molecular weight excluding hydrogens is 418 g/mol. The van der Waals surface area contributed by atoms with E-state index in [4.69, 9.17) is 5.21 Å². The summed E-state index contributed by atoms with van der Waals surface area (Å²) in [6, 6.07) is 12.0. The normalized spacial score (nSPS) is 18.7. The van der Waals surface area contributed by atoms with Gasteiger partial charge in [0.05, 0.1) is 5.69 Å². The third-order valence-electron chi connectivity index (χ3n) is 7.25. The molecule has 7 nitrogen and oxygen atoms in total. The zero-order valence-electron chi connectivity index (χ0n) is 18.7. The summed E-state index contributed by atoms with van der Waals surface area (Å²) in [6.45, 7) is 0.407. The number of aromatic nitrogens is 1. The molecule has 0 radical (unpaired) electrons. The minimum absolute atomic E-state index is 0.00246. The lowest BCUT2D eigenvalue weighted by molar-refractivity contribution is -0.152. The van der Waals surface area contributed by atoms with E-state index in [0.29, 0.717) is 12.2 Å². The summed E-state index contributed by atoms with van der Waals surface area (Å²) in [6.07, 6.45) is 11.1. The molecule has 0 aliphatic heterocycles. The molecule has 1 amide bonds. The van der Waals surface area contributed by atoms with Crippen molar-refractivity contribution in [2.45, 2.75) is 57.0 Å². The van der Waals surface area contributed by atoms with Crippen LogP contribution in [0.1, 0.15) is 54.5 Å². The van der Waals surface area contributed by atoms with Crippen LogP contribution in [0.25, 0.3) is 6.08 Å². The van der Waals surface area contributed by atoms with Crippen molar-refractivity contribution in [1.29, 1.82) is 0 Å². The predicted octanol–water partition coefficient (Wildman–Crippen LogP) is 3.51. The number of carbonyl (C=O) groups excluding carboxylic acids is 1. The Morgan fingerprint density at radius 2 is 1.73 bits per heavy atom. The first-order valence-electron chi connectivity index (χ1n) is 11.6. The highest BCUT2D eigenvalue weighted by Gasteiger charge is 2.52. The molecule has 1 aromatic carbocycles. The van der Waals surface area contributed by atoms with Gasteiger partial charge in [-0.2, -0.15) is 0 Å². The first kappa shape index (κ1) is 23.1. The van der Waals surface area contributed by atoms with Gasteiger partial charge in [-0.3, -0.25) is 25.1 Å². The van der Waals surface area contributed by atoms with Crippen LogP contribution in [-0.2, 0) is 29.0 Å². The third kappa shape index (κ3) is 4.99. The molecule has 7 heteroatoms. The van der Waals surface area contributed by atoms with Crippen molar-refractivity contribution in [2.24, 2.45) is 11.8 Å². The van der Waals surface area contributed by atoms with Gasteiger partial charge in [0.2, 0.25) is 0 Å². The summed E-state index contributed by atoms with van der Waals surface area (Å²) in [5.41, 5.74) is 4.53. The van der Waals surface area contributed by atoms with Gasteiger partial charge < -0.3 is 5.11 Å². The van der Waals surface area contributed by atoms with Crippen molar-refractivity contribution in [3.63, 3.8) is 0 Å². The van der Waals surface area contributed by atoms with E-state index in [1.165, 1.54) is 35.2 Å². The number of aliphatic carboxylic acids is 1. The molecule has 4 rings (SSSR count). The van der Waals surface area contributed by atoms with Gasteiger partial charge in [-0.25, -0.2) is 5.48 Å². The van der Waals surface area contributed by atoms with E-state index in [1.807, 2.05) is 18.2 Å². The van der Waals surface area contributed by atoms with Gasteiger partial charge in [0.25, 0.3) is 5.91 Å². The second-order valence-electron chi connectivity index (χ2n) is 9.14. The second-order valence-corrected chi connectivity index (χ2v) is 9.14. The molecule has 1 heterocycles. The first-order valence-corrected chi connectivity index (χ1v) is 11.6. The number of carboxylic acids is 1. The Morgan fingerprint density at radius 3 is 2.30 bits per heavy atom. The van der Waals surface area contributed by atoms with Gasteiger partial charge in [0, 0.05) is 18.8 Å². The molecule has 0 bridgehead atoms. The Bertz CT molecular complexity index is 989. The average Bonchev–Trinajstić information content (AvgIpc) is 3.28. The largest absolute Gasteiger partial charge is 0.480 e. The Balaban J connectivity index is 1.56. The van der Waals surface area contributed by atoms with Crippen LogP contribution in [0.4, 0.5) is 0 Å². The molecule has 2 aliphatic rings. The fourth-order valence-corrected chi connectivity index (χ4v) is 5.57. The highest BCUT2D eigenvalue weighted by Crippen LogP contribution is 2.43. The Hall–Kier alpha value is -3.03. The van der Waals surface area contributed by atoms with Crippen LogP contribution in [0.2, 0.25) is 0 Å². The quantitative estimate of drug-likeness (QED) is 0.279. The maximum atomic E-state index is 13.0. The molecule has 4 N–H and O–H groups in total. The maximum Gasteiger partial charge on any atom is 0.324 e. The number of nitrogens with one attached hydrogen (secondary N) is 2. The molecule has 0 unspecified atom stereocenters. The van der Waals surface area contributed by atoms with E-state index >= 15 is 0 Å². The number of nitrogens with zero attached hydrogens (tertiary/aromatic N) is 1. The molecular formula is C26H31N3O4. The first-order chi connectivity index (χ1) is 16.0. The minimum atomic E-state index is -0.989. The molecule has 1 aromatic heterocycles. The van der Waals surface area contributed by atoms with Crippen LogP contribution in [0.3, 0.4) is 0 Å². The number of hydrogen-bond acceptors (Lipinski definition) is 5. The van der Waals surface area contributed by atoms with E-state index in [9.17, 15) is 14.7 Å². The Kier molecular flexibility index (Phi) is 7.20. The fourth-order valence-electron chi connectivity index (χ4n) is 5.57. The lowest BCUT2D eigenvalue weighted by Gasteiger charge is -2.44. The number of carboxylic acid groups (broad SMARTS) is 1. The minimum Gasteiger partial charge on any atom is -0.480 e. The molecule has 174 valence electrons. The van der Waals surface area contributed by atoms with Gasteiger partial charge in [0.15, 0.2) is 0 Å². The van der Waals surface area contributed by atoms with Gasteiger partial charge in [-0.1, -0.05) is 49.6 Å². The van der Waals surface area contributed by atoms with E-state index in [0.717, 1.165) is 44.1 Å². The summed E-state index contributed by atoms with van der Waals surface area (Å²) >= 11 is 0. The van der Waals surface area contributed by atoms with E-state index < -0.39 is 17.4 Å². The van der Waals surface area contributed by atoms with Crippen molar-refractivity contribution in [2.75, 3.05) is 0 Å². The predicted molar refractivity (Wildman–Crippen MR) is 124 cm³/mol. The van der Waals surface area contributed by atoms with E-state index in [-0.39, 0.29) is 11.8 Å². The standard InChI is InChI=1S/C26H31N3O4/c30-24(29-33)13-12-23-11-10-18(16-27-23)17-28-26(25(31)32,21-8-2-1-3-9-21)22-14-19-6-4-5-7-20(19)15-22/h4-7,10-13,16,21-22,28,33H,1-3,8-9,14-15,17H2,(H,29,30)(H,31,32)/b13-12+/t26-/m0/s1. The number of hydrogen-bond donors (Lipinski definition) is 4. The van der Waals surface area contributed by atoms with Gasteiger partial charge in [-0.15, -0.1) is 0 Å². The smallest absolute Gasteiger partial charge is 0.324 e. The average molecular weight is 450 g/mol. The molecule has 2 aromatic rings. The number of carbonyl (C=O) groups is 2. The van der Waals surface area contributed by atoms with Crippen LogP contribution in [0.15, 0.2) is 48.7 Å². The molecule has 0 spiro atoms. The number of fused-ring (bicyclic) bond motifs is 1. The van der Waals surface area contributed by atoms with Gasteiger partial charge in [-0.05, 0) is 66.4 Å². The lowest BCUT2D eigenvalue weighted by atomic mass is 9.67. The van der Waals surface area contributed by atoms with Crippen LogP contribution in [-0.4, -0.2) is 32.7 Å². The molecule has 33 heavy (non-hydrogen) atoms. The van der Waals surface area contributed by atoms with Crippen LogP contribution in [0, 0.1) is 11.8 Å². The highest BCUT2D eigenvalue weighted by atomic mass is 16.5. The monoisotopic (exact) mass is 449 g/mol. The maximum absolute atomic E-state index is 13.0. The van der Waals surface area contributed by atoms with Crippen LogP contribution in [0.5, 0.6) is 0 Å². The van der Waals surface area contributed by atoms with Crippen molar-refractivity contribution >= 4 is 18.0 Å². The summed E-state index contributed by atoms with van der Waals surface area (Å²) in [5, 5.41) is 22.7. The Morgan fingerprint density at radius 1 is 1.03 bits per heavy atom. The fraction of sp³-hybridized carbons (Fsp3) is 0.423.